The molecule has 1 rings (SSSR count). The lowest BCUT2D eigenvalue weighted by Gasteiger charge is -2.20. The maximum absolute atomic E-state index is 9.89. The first kappa shape index (κ1) is 11.0. The summed E-state index contributed by atoms with van der Waals surface area (Å²) in [5, 5.41) is 9.89. The van der Waals surface area contributed by atoms with Crippen molar-refractivity contribution in [2.45, 2.75) is 31.8 Å². The Bertz CT molecular complexity index is 266. The Hall–Kier alpha value is -1.08. The van der Waals surface area contributed by atoms with E-state index in [2.05, 4.69) is 25.6 Å². The molecule has 2 atom stereocenters. The lowest BCUT2D eigenvalue weighted by Crippen LogP contribution is -2.16. The van der Waals surface area contributed by atoms with Gasteiger partial charge in [-0.25, -0.2) is 0 Å². The molecule has 1 aromatic rings. The Morgan fingerprint density at radius 2 is 2.00 bits per heavy atom. The summed E-state index contributed by atoms with van der Waals surface area (Å²) in [7, 11) is 0. The van der Waals surface area contributed by atoms with Gasteiger partial charge in [-0.1, -0.05) is 43.3 Å². The highest BCUT2D eigenvalue weighted by Crippen LogP contribution is 2.24. The minimum atomic E-state index is -0.306. The monoisotopic (exact) mass is 190 g/mol. The van der Waals surface area contributed by atoms with E-state index in [0.717, 1.165) is 6.42 Å². The van der Waals surface area contributed by atoms with Gasteiger partial charge in [0, 0.05) is 5.92 Å². The molecule has 0 aromatic heterocycles. The second-order valence-electron chi connectivity index (χ2n) is 3.52. The summed E-state index contributed by atoms with van der Waals surface area (Å²) in [5.74, 6) is 0.231. The second kappa shape index (κ2) is 5.61. The van der Waals surface area contributed by atoms with Crippen molar-refractivity contribution in [1.29, 1.82) is 0 Å². The molecule has 0 bridgehead atoms. The van der Waals surface area contributed by atoms with Crippen LogP contribution in [0.1, 0.15) is 31.2 Å². The molecular formula is C13H18O. The van der Waals surface area contributed by atoms with Gasteiger partial charge in [0.15, 0.2) is 0 Å². The quantitative estimate of drug-likeness (QED) is 0.707. The standard InChI is InChI=1S/C13H18O/c1-3-8-13(14)12(4-2)11-9-6-5-7-10-11/h3,5-7,9-10,12-14H,1,4,8H2,2H3/t12-,13+/m1/s1. The molecular weight excluding hydrogens is 172 g/mol. The van der Waals surface area contributed by atoms with Gasteiger partial charge in [0.1, 0.15) is 0 Å². The molecule has 0 saturated heterocycles. The lowest BCUT2D eigenvalue weighted by atomic mass is 9.89. The predicted octanol–water partition coefficient (Wildman–Crippen LogP) is 3.12. The van der Waals surface area contributed by atoms with Crippen LogP contribution in [0.4, 0.5) is 0 Å². The fourth-order valence-electron chi connectivity index (χ4n) is 1.77. The molecule has 0 amide bonds. The second-order valence-corrected chi connectivity index (χ2v) is 3.52. The number of rotatable bonds is 5. The van der Waals surface area contributed by atoms with Crippen molar-refractivity contribution in [3.8, 4) is 0 Å². The largest absolute Gasteiger partial charge is 0.392 e. The topological polar surface area (TPSA) is 20.2 Å². The maximum atomic E-state index is 9.89. The first-order chi connectivity index (χ1) is 6.79. The van der Waals surface area contributed by atoms with E-state index >= 15 is 0 Å². The van der Waals surface area contributed by atoms with Crippen LogP contribution < -0.4 is 0 Å². The summed E-state index contributed by atoms with van der Waals surface area (Å²) in [6, 6.07) is 10.2. The van der Waals surface area contributed by atoms with Gasteiger partial charge in [0.2, 0.25) is 0 Å². The smallest absolute Gasteiger partial charge is 0.0642 e. The summed E-state index contributed by atoms with van der Waals surface area (Å²) in [5.41, 5.74) is 1.21. The zero-order valence-corrected chi connectivity index (χ0v) is 8.69. The average Bonchev–Trinajstić information content (AvgIpc) is 2.21. The van der Waals surface area contributed by atoms with Crippen LogP contribution in [-0.2, 0) is 0 Å². The van der Waals surface area contributed by atoms with Gasteiger partial charge in [-0.3, -0.25) is 0 Å². The maximum Gasteiger partial charge on any atom is 0.0642 e. The number of benzene rings is 1. The molecule has 0 aliphatic heterocycles. The minimum Gasteiger partial charge on any atom is -0.392 e. The van der Waals surface area contributed by atoms with Crippen LogP contribution in [0, 0.1) is 0 Å². The van der Waals surface area contributed by atoms with Gasteiger partial charge in [-0.15, -0.1) is 6.58 Å². The van der Waals surface area contributed by atoms with Crippen molar-refractivity contribution in [3.63, 3.8) is 0 Å². The summed E-state index contributed by atoms with van der Waals surface area (Å²) in [4.78, 5) is 0. The molecule has 1 aromatic carbocycles. The number of hydrogen-bond acceptors (Lipinski definition) is 1. The van der Waals surface area contributed by atoms with Gasteiger partial charge >= 0.3 is 0 Å². The van der Waals surface area contributed by atoms with Crippen molar-refractivity contribution in [2.75, 3.05) is 0 Å². The third-order valence-electron chi connectivity index (χ3n) is 2.54. The third-order valence-corrected chi connectivity index (χ3v) is 2.54. The van der Waals surface area contributed by atoms with Crippen LogP contribution >= 0.6 is 0 Å². The van der Waals surface area contributed by atoms with Crippen LogP contribution in [0.3, 0.4) is 0 Å². The number of aliphatic hydroxyl groups excluding tert-OH is 1. The molecule has 14 heavy (non-hydrogen) atoms. The van der Waals surface area contributed by atoms with Gasteiger partial charge in [-0.05, 0) is 18.4 Å². The van der Waals surface area contributed by atoms with Crippen LogP contribution in [-0.4, -0.2) is 11.2 Å². The Kier molecular flexibility index (Phi) is 4.41. The highest BCUT2D eigenvalue weighted by atomic mass is 16.3. The van der Waals surface area contributed by atoms with E-state index in [0.29, 0.717) is 6.42 Å². The Labute approximate surface area is 86.1 Å². The molecule has 0 heterocycles. The number of hydrogen-bond donors (Lipinski definition) is 1. The fraction of sp³-hybridized carbons (Fsp3) is 0.385. The fourth-order valence-corrected chi connectivity index (χ4v) is 1.77. The van der Waals surface area contributed by atoms with Crippen molar-refractivity contribution in [2.24, 2.45) is 0 Å². The average molecular weight is 190 g/mol. The first-order valence-electron chi connectivity index (χ1n) is 5.13. The third kappa shape index (κ3) is 2.71. The molecule has 0 radical (unpaired) electrons. The Balaban J connectivity index is 2.76. The van der Waals surface area contributed by atoms with Gasteiger partial charge in [0.25, 0.3) is 0 Å². The molecule has 1 nitrogen and oxygen atoms in total. The van der Waals surface area contributed by atoms with Gasteiger partial charge < -0.3 is 5.11 Å². The Morgan fingerprint density at radius 1 is 1.36 bits per heavy atom. The van der Waals surface area contributed by atoms with Crippen LogP contribution in [0.2, 0.25) is 0 Å². The summed E-state index contributed by atoms with van der Waals surface area (Å²) < 4.78 is 0. The van der Waals surface area contributed by atoms with Gasteiger partial charge in [0.05, 0.1) is 6.10 Å². The highest BCUT2D eigenvalue weighted by Gasteiger charge is 2.17. The van der Waals surface area contributed by atoms with E-state index < -0.39 is 0 Å². The number of aliphatic hydroxyl groups is 1. The SMILES string of the molecule is C=CC[C@H](O)[C@H](CC)c1ccccc1. The Morgan fingerprint density at radius 3 is 2.50 bits per heavy atom. The van der Waals surface area contributed by atoms with Crippen LogP contribution in [0.5, 0.6) is 0 Å². The normalized spacial score (nSPS) is 14.7. The zero-order chi connectivity index (χ0) is 10.4. The molecule has 1 N–H and O–H groups in total. The summed E-state index contributed by atoms with van der Waals surface area (Å²) in [6.07, 6.45) is 3.09. The van der Waals surface area contributed by atoms with E-state index in [4.69, 9.17) is 0 Å². The highest BCUT2D eigenvalue weighted by molar-refractivity contribution is 5.20. The lowest BCUT2D eigenvalue weighted by molar-refractivity contribution is 0.143. The molecule has 0 saturated carbocycles. The molecule has 0 spiro atoms. The molecule has 0 aliphatic carbocycles. The first-order valence-corrected chi connectivity index (χ1v) is 5.13. The minimum absolute atomic E-state index is 0.231. The molecule has 0 fully saturated rings. The van der Waals surface area contributed by atoms with E-state index in [1.807, 2.05) is 18.2 Å². The van der Waals surface area contributed by atoms with Crippen LogP contribution in [0.25, 0.3) is 0 Å². The predicted molar refractivity (Wildman–Crippen MR) is 60.3 cm³/mol. The van der Waals surface area contributed by atoms with E-state index in [-0.39, 0.29) is 12.0 Å². The van der Waals surface area contributed by atoms with Crippen molar-refractivity contribution < 1.29 is 5.11 Å². The van der Waals surface area contributed by atoms with Crippen molar-refractivity contribution in [1.82, 2.24) is 0 Å². The zero-order valence-electron chi connectivity index (χ0n) is 8.69. The van der Waals surface area contributed by atoms with Crippen molar-refractivity contribution in [3.05, 3.63) is 48.6 Å². The summed E-state index contributed by atoms with van der Waals surface area (Å²) in [6.45, 7) is 5.75. The van der Waals surface area contributed by atoms with Gasteiger partial charge in [-0.2, -0.15) is 0 Å². The van der Waals surface area contributed by atoms with Crippen LogP contribution in [0.15, 0.2) is 43.0 Å². The van der Waals surface area contributed by atoms with Crippen molar-refractivity contribution >= 4 is 0 Å². The molecule has 0 aliphatic rings. The van der Waals surface area contributed by atoms with E-state index in [9.17, 15) is 5.11 Å². The van der Waals surface area contributed by atoms with E-state index in [1.54, 1.807) is 6.08 Å². The molecule has 0 unspecified atom stereocenters. The molecule has 76 valence electrons. The molecule has 1 heteroatoms. The van der Waals surface area contributed by atoms with E-state index in [1.165, 1.54) is 5.56 Å². The summed E-state index contributed by atoms with van der Waals surface area (Å²) >= 11 is 0.